The maximum Gasteiger partial charge on any atom is 0.246 e. The van der Waals surface area contributed by atoms with E-state index in [1.54, 1.807) is 37.5 Å². The first-order valence-electron chi connectivity index (χ1n) is 7.15. The molecule has 1 aromatic carbocycles. The number of aryl methyl sites for hydroxylation is 1. The van der Waals surface area contributed by atoms with Gasteiger partial charge in [0.1, 0.15) is 10.7 Å². The summed E-state index contributed by atoms with van der Waals surface area (Å²) < 4.78 is 41.2. The molecule has 1 saturated carbocycles. The average Bonchev–Trinajstić information content (AvgIpc) is 3.32. The van der Waals surface area contributed by atoms with Crippen molar-refractivity contribution in [2.45, 2.75) is 37.2 Å². The molecule has 6 heteroatoms. The first-order valence-corrected chi connectivity index (χ1v) is 8.59. The second kappa shape index (κ2) is 5.78. The molecule has 0 N–H and O–H groups in total. The van der Waals surface area contributed by atoms with Crippen molar-refractivity contribution in [2.24, 2.45) is 0 Å². The maximum absolute atomic E-state index is 14.0. The zero-order valence-electron chi connectivity index (χ0n) is 12.2. The molecule has 0 atom stereocenters. The Morgan fingerprint density at radius 1 is 1.23 bits per heavy atom. The van der Waals surface area contributed by atoms with E-state index in [4.69, 9.17) is 0 Å². The third kappa shape index (κ3) is 3.03. The Hall–Kier alpha value is -1.79. The molecule has 1 heterocycles. The molecule has 4 nitrogen and oxygen atoms in total. The monoisotopic (exact) mass is 320 g/mol. The molecule has 0 unspecified atom stereocenters. The van der Waals surface area contributed by atoms with Gasteiger partial charge in [0.2, 0.25) is 10.0 Å². The standard InChI is InChI=1S/C16H17FN2O2S/c1-12-2-5-15(17)16(10-12)22(20,21)19(14-3-4-14)11-13-6-8-18-9-7-13/h2,5-10,14H,3-4,11H2,1H3. The summed E-state index contributed by atoms with van der Waals surface area (Å²) in [6, 6.07) is 7.68. The lowest BCUT2D eigenvalue weighted by Crippen LogP contribution is -2.33. The van der Waals surface area contributed by atoms with Gasteiger partial charge in [-0.3, -0.25) is 4.98 Å². The highest BCUT2D eigenvalue weighted by Crippen LogP contribution is 2.34. The molecule has 0 spiro atoms. The van der Waals surface area contributed by atoms with Crippen molar-refractivity contribution in [1.82, 2.24) is 9.29 Å². The van der Waals surface area contributed by atoms with Crippen LogP contribution in [0.2, 0.25) is 0 Å². The molecule has 22 heavy (non-hydrogen) atoms. The number of hydrogen-bond acceptors (Lipinski definition) is 3. The fraction of sp³-hybridized carbons (Fsp3) is 0.312. The molecule has 0 saturated heterocycles. The first kappa shape index (κ1) is 15.1. The Morgan fingerprint density at radius 2 is 1.91 bits per heavy atom. The van der Waals surface area contributed by atoms with Crippen LogP contribution in [-0.2, 0) is 16.6 Å². The molecule has 1 aliphatic carbocycles. The summed E-state index contributed by atoms with van der Waals surface area (Å²) in [4.78, 5) is 3.69. The third-order valence-corrected chi connectivity index (χ3v) is 5.63. The Bertz CT molecular complexity index is 774. The van der Waals surface area contributed by atoms with Gasteiger partial charge >= 0.3 is 0 Å². The fourth-order valence-electron chi connectivity index (χ4n) is 2.38. The summed E-state index contributed by atoms with van der Waals surface area (Å²) in [6.07, 6.45) is 4.88. The van der Waals surface area contributed by atoms with Crippen LogP contribution in [0.25, 0.3) is 0 Å². The SMILES string of the molecule is Cc1ccc(F)c(S(=O)(=O)N(Cc2ccncc2)C2CC2)c1. The minimum Gasteiger partial charge on any atom is -0.265 e. The Labute approximate surface area is 129 Å². The summed E-state index contributed by atoms with van der Waals surface area (Å²) in [5.74, 6) is -0.703. The largest absolute Gasteiger partial charge is 0.265 e. The van der Waals surface area contributed by atoms with Gasteiger partial charge in [0, 0.05) is 25.0 Å². The number of hydrogen-bond donors (Lipinski definition) is 0. The minimum atomic E-state index is -3.85. The molecule has 1 fully saturated rings. The summed E-state index contributed by atoms with van der Waals surface area (Å²) in [5.41, 5.74) is 1.57. The normalized spacial score (nSPS) is 15.2. The molecule has 0 bridgehead atoms. The van der Waals surface area contributed by atoms with E-state index >= 15 is 0 Å². The number of aromatic nitrogens is 1. The van der Waals surface area contributed by atoms with Crippen LogP contribution in [0.3, 0.4) is 0 Å². The summed E-state index contributed by atoms with van der Waals surface area (Å²) in [5, 5.41) is 0. The molecule has 0 amide bonds. The van der Waals surface area contributed by atoms with E-state index in [9.17, 15) is 12.8 Å². The second-order valence-electron chi connectivity index (χ2n) is 5.57. The number of rotatable bonds is 5. The second-order valence-corrected chi connectivity index (χ2v) is 7.43. The van der Waals surface area contributed by atoms with Crippen molar-refractivity contribution < 1.29 is 12.8 Å². The topological polar surface area (TPSA) is 50.3 Å². The minimum absolute atomic E-state index is 0.0434. The van der Waals surface area contributed by atoms with E-state index in [1.807, 2.05) is 0 Å². The smallest absolute Gasteiger partial charge is 0.246 e. The van der Waals surface area contributed by atoms with Gasteiger partial charge in [0.15, 0.2) is 0 Å². The average molecular weight is 320 g/mol. The van der Waals surface area contributed by atoms with Gasteiger partial charge < -0.3 is 0 Å². The molecule has 116 valence electrons. The van der Waals surface area contributed by atoms with Crippen LogP contribution in [0.15, 0.2) is 47.6 Å². The number of pyridine rings is 1. The van der Waals surface area contributed by atoms with Gasteiger partial charge in [-0.25, -0.2) is 12.8 Å². The van der Waals surface area contributed by atoms with Crippen LogP contribution in [-0.4, -0.2) is 23.7 Å². The number of sulfonamides is 1. The highest BCUT2D eigenvalue weighted by molar-refractivity contribution is 7.89. The zero-order valence-corrected chi connectivity index (χ0v) is 13.1. The van der Waals surface area contributed by atoms with Crippen molar-refractivity contribution in [2.75, 3.05) is 0 Å². The molecule has 0 radical (unpaired) electrons. The number of nitrogens with zero attached hydrogens (tertiary/aromatic N) is 2. The zero-order chi connectivity index (χ0) is 15.7. The fourth-order valence-corrected chi connectivity index (χ4v) is 4.20. The van der Waals surface area contributed by atoms with Gasteiger partial charge in [-0.2, -0.15) is 4.31 Å². The van der Waals surface area contributed by atoms with Crippen molar-refractivity contribution in [3.8, 4) is 0 Å². The van der Waals surface area contributed by atoms with Crippen molar-refractivity contribution in [3.63, 3.8) is 0 Å². The molecular formula is C16H17FN2O2S. The van der Waals surface area contributed by atoms with E-state index in [2.05, 4.69) is 4.98 Å². The van der Waals surface area contributed by atoms with Crippen LogP contribution < -0.4 is 0 Å². The summed E-state index contributed by atoms with van der Waals surface area (Å²) >= 11 is 0. The molecular weight excluding hydrogens is 303 g/mol. The predicted octanol–water partition coefficient (Wildman–Crippen LogP) is 2.88. The number of halogens is 1. The Morgan fingerprint density at radius 3 is 2.55 bits per heavy atom. The highest BCUT2D eigenvalue weighted by atomic mass is 32.2. The molecule has 3 rings (SSSR count). The molecule has 1 aromatic heterocycles. The van der Waals surface area contributed by atoms with Crippen molar-refractivity contribution >= 4 is 10.0 Å². The van der Waals surface area contributed by atoms with Crippen LogP contribution >= 0.6 is 0 Å². The molecule has 2 aromatic rings. The number of benzene rings is 1. The van der Waals surface area contributed by atoms with Gasteiger partial charge in [-0.15, -0.1) is 0 Å². The van der Waals surface area contributed by atoms with E-state index in [0.717, 1.165) is 24.0 Å². The molecule has 0 aliphatic heterocycles. The van der Waals surface area contributed by atoms with E-state index in [0.29, 0.717) is 0 Å². The molecule has 1 aliphatic rings. The van der Waals surface area contributed by atoms with E-state index in [-0.39, 0.29) is 17.5 Å². The lowest BCUT2D eigenvalue weighted by atomic mass is 10.2. The van der Waals surface area contributed by atoms with Crippen LogP contribution in [0.4, 0.5) is 4.39 Å². The van der Waals surface area contributed by atoms with Crippen molar-refractivity contribution in [1.29, 1.82) is 0 Å². The summed E-state index contributed by atoms with van der Waals surface area (Å²) in [6.45, 7) is 1.99. The van der Waals surface area contributed by atoms with E-state index < -0.39 is 15.8 Å². The third-order valence-electron chi connectivity index (χ3n) is 3.72. The van der Waals surface area contributed by atoms with Gasteiger partial charge in [-0.1, -0.05) is 6.07 Å². The van der Waals surface area contributed by atoms with Crippen LogP contribution in [0.1, 0.15) is 24.0 Å². The van der Waals surface area contributed by atoms with Gasteiger partial charge in [-0.05, 0) is 55.2 Å². The van der Waals surface area contributed by atoms with Gasteiger partial charge in [0.25, 0.3) is 0 Å². The lowest BCUT2D eigenvalue weighted by molar-refractivity contribution is 0.395. The van der Waals surface area contributed by atoms with Crippen molar-refractivity contribution in [3.05, 3.63) is 59.7 Å². The van der Waals surface area contributed by atoms with E-state index in [1.165, 1.54) is 16.4 Å². The van der Waals surface area contributed by atoms with Crippen LogP contribution in [0, 0.1) is 12.7 Å². The lowest BCUT2D eigenvalue weighted by Gasteiger charge is -2.22. The highest BCUT2D eigenvalue weighted by Gasteiger charge is 2.39. The quantitative estimate of drug-likeness (QED) is 0.851. The summed E-state index contributed by atoms with van der Waals surface area (Å²) in [7, 11) is -3.85. The predicted molar refractivity (Wildman–Crippen MR) is 81.1 cm³/mol. The maximum atomic E-state index is 14.0. The Kier molecular flexibility index (Phi) is 3.97. The first-order chi connectivity index (χ1) is 10.5. The Balaban J connectivity index is 1.98. The van der Waals surface area contributed by atoms with Gasteiger partial charge in [0.05, 0.1) is 0 Å². The van der Waals surface area contributed by atoms with Crippen LogP contribution in [0.5, 0.6) is 0 Å².